The Morgan fingerprint density at radius 2 is 2.13 bits per heavy atom. The van der Waals surface area contributed by atoms with Gasteiger partial charge in [-0.2, -0.15) is 0 Å². The molecule has 0 fully saturated rings. The van der Waals surface area contributed by atoms with Crippen LogP contribution in [-0.4, -0.2) is 11.7 Å². The van der Waals surface area contributed by atoms with Crippen LogP contribution in [0.4, 0.5) is 9.80 Å². The van der Waals surface area contributed by atoms with Crippen LogP contribution in [-0.2, 0) is 4.74 Å². The average molecular weight is 339 g/mol. The first-order chi connectivity index (χ1) is 6.79. The molecule has 5 heteroatoms. The molecular formula is C10H14INO2S. The van der Waals surface area contributed by atoms with Gasteiger partial charge in [0.2, 0.25) is 0 Å². The lowest BCUT2D eigenvalue weighted by atomic mass is 10.2. The largest absolute Gasteiger partial charge is 0.444 e. The molecule has 0 radical (unpaired) electrons. The molecule has 0 aliphatic rings. The summed E-state index contributed by atoms with van der Waals surface area (Å²) in [4.78, 5) is 11.5. The Morgan fingerprint density at radius 3 is 2.53 bits per heavy atom. The molecule has 0 aliphatic heterocycles. The highest BCUT2D eigenvalue weighted by Crippen LogP contribution is 2.29. The number of aryl methyl sites for hydroxylation is 1. The van der Waals surface area contributed by atoms with E-state index in [0.717, 1.165) is 8.57 Å². The Labute approximate surface area is 107 Å². The number of anilines is 1. The zero-order valence-corrected chi connectivity index (χ0v) is 12.2. The van der Waals surface area contributed by atoms with E-state index in [9.17, 15) is 4.79 Å². The smallest absolute Gasteiger partial charge is 0.412 e. The normalized spacial score (nSPS) is 11.3. The van der Waals surface area contributed by atoms with E-state index < -0.39 is 11.7 Å². The number of amides is 1. The van der Waals surface area contributed by atoms with Gasteiger partial charge >= 0.3 is 6.09 Å². The molecule has 1 aromatic rings. The number of carbonyl (C=O) groups excluding carboxylic acids is 1. The topological polar surface area (TPSA) is 38.3 Å². The van der Waals surface area contributed by atoms with Crippen LogP contribution in [0.3, 0.4) is 0 Å². The average Bonchev–Trinajstić information content (AvgIpc) is 2.32. The second-order valence-electron chi connectivity index (χ2n) is 4.19. The van der Waals surface area contributed by atoms with Crippen molar-refractivity contribution in [1.29, 1.82) is 0 Å². The summed E-state index contributed by atoms with van der Waals surface area (Å²) >= 11 is 3.72. The van der Waals surface area contributed by atoms with Gasteiger partial charge in [0.05, 0.1) is 3.57 Å². The fourth-order valence-electron chi connectivity index (χ4n) is 0.911. The van der Waals surface area contributed by atoms with Gasteiger partial charge in [0.25, 0.3) is 0 Å². The van der Waals surface area contributed by atoms with Crippen LogP contribution in [0.5, 0.6) is 0 Å². The lowest BCUT2D eigenvalue weighted by molar-refractivity contribution is 0.0636. The van der Waals surface area contributed by atoms with Crippen molar-refractivity contribution in [2.75, 3.05) is 5.32 Å². The molecular weight excluding hydrogens is 325 g/mol. The third kappa shape index (κ3) is 3.98. The van der Waals surface area contributed by atoms with Gasteiger partial charge in [-0.1, -0.05) is 0 Å². The molecule has 15 heavy (non-hydrogen) atoms. The number of hydrogen-bond acceptors (Lipinski definition) is 3. The van der Waals surface area contributed by atoms with Gasteiger partial charge in [-0.05, 0) is 61.2 Å². The Morgan fingerprint density at radius 1 is 1.53 bits per heavy atom. The van der Waals surface area contributed by atoms with Crippen molar-refractivity contribution in [1.82, 2.24) is 0 Å². The molecule has 3 nitrogen and oxygen atoms in total. The summed E-state index contributed by atoms with van der Waals surface area (Å²) in [6.07, 6.45) is -0.401. The van der Waals surface area contributed by atoms with E-state index in [2.05, 4.69) is 27.9 Å². The molecule has 0 saturated heterocycles. The molecule has 0 aromatic carbocycles. The highest BCUT2D eigenvalue weighted by molar-refractivity contribution is 14.1. The third-order valence-electron chi connectivity index (χ3n) is 1.51. The van der Waals surface area contributed by atoms with Gasteiger partial charge in [0.1, 0.15) is 10.6 Å². The van der Waals surface area contributed by atoms with E-state index in [0.29, 0.717) is 0 Å². The Balaban J connectivity index is 2.63. The molecule has 1 aromatic heterocycles. The highest BCUT2D eigenvalue weighted by atomic mass is 127. The van der Waals surface area contributed by atoms with E-state index in [4.69, 9.17) is 4.74 Å². The number of thiophene rings is 1. The molecule has 1 amide bonds. The minimum atomic E-state index is -0.457. The summed E-state index contributed by atoms with van der Waals surface area (Å²) in [5.41, 5.74) is 0.716. The number of carbonyl (C=O) groups is 1. The van der Waals surface area contributed by atoms with Crippen LogP contribution in [0, 0.1) is 10.5 Å². The molecule has 1 rings (SSSR count). The standard InChI is InChI=1S/C10H14INO2S/c1-6-5-15-8(7(6)11)12-9(13)14-10(2,3)4/h5H,1-4H3,(H,12,13). The molecule has 0 bridgehead atoms. The summed E-state index contributed by atoms with van der Waals surface area (Å²) in [6, 6.07) is 0. The number of rotatable bonds is 1. The Kier molecular flexibility index (Phi) is 3.99. The molecule has 1 heterocycles. The molecule has 1 N–H and O–H groups in total. The minimum Gasteiger partial charge on any atom is -0.444 e. The van der Waals surface area contributed by atoms with Crippen LogP contribution in [0.1, 0.15) is 26.3 Å². The van der Waals surface area contributed by atoms with Crippen LogP contribution in [0.15, 0.2) is 5.38 Å². The van der Waals surface area contributed by atoms with E-state index in [-0.39, 0.29) is 0 Å². The van der Waals surface area contributed by atoms with E-state index in [1.165, 1.54) is 16.9 Å². The summed E-state index contributed by atoms with van der Waals surface area (Å²) < 4.78 is 6.23. The molecule has 0 saturated carbocycles. The quantitative estimate of drug-likeness (QED) is 0.785. The molecule has 0 unspecified atom stereocenters. The number of halogens is 1. The summed E-state index contributed by atoms with van der Waals surface area (Å²) in [7, 11) is 0. The fraction of sp³-hybridized carbons (Fsp3) is 0.500. The zero-order chi connectivity index (χ0) is 11.6. The lowest BCUT2D eigenvalue weighted by Crippen LogP contribution is -2.27. The maximum absolute atomic E-state index is 11.5. The first-order valence-electron chi connectivity index (χ1n) is 4.53. The monoisotopic (exact) mass is 339 g/mol. The van der Waals surface area contributed by atoms with E-state index in [1.807, 2.05) is 33.1 Å². The van der Waals surface area contributed by atoms with Gasteiger partial charge in [-0.25, -0.2) is 4.79 Å². The first-order valence-corrected chi connectivity index (χ1v) is 6.49. The van der Waals surface area contributed by atoms with Gasteiger partial charge in [0.15, 0.2) is 0 Å². The van der Waals surface area contributed by atoms with E-state index >= 15 is 0 Å². The molecule has 0 spiro atoms. The number of ether oxygens (including phenoxy) is 1. The fourth-order valence-corrected chi connectivity index (χ4v) is 2.61. The van der Waals surface area contributed by atoms with Crippen molar-refractivity contribution in [2.24, 2.45) is 0 Å². The van der Waals surface area contributed by atoms with Gasteiger partial charge < -0.3 is 4.74 Å². The lowest BCUT2D eigenvalue weighted by Gasteiger charge is -2.19. The Bertz CT molecular complexity index is 368. The van der Waals surface area contributed by atoms with Crippen LogP contribution < -0.4 is 5.32 Å². The maximum atomic E-state index is 11.5. The van der Waals surface area contributed by atoms with Gasteiger partial charge in [-0.3, -0.25) is 5.32 Å². The first kappa shape index (κ1) is 12.8. The van der Waals surface area contributed by atoms with Crippen molar-refractivity contribution >= 4 is 45.0 Å². The van der Waals surface area contributed by atoms with Crippen molar-refractivity contribution in [3.8, 4) is 0 Å². The van der Waals surface area contributed by atoms with Crippen LogP contribution in [0.2, 0.25) is 0 Å². The van der Waals surface area contributed by atoms with Gasteiger partial charge in [-0.15, -0.1) is 11.3 Å². The summed E-state index contributed by atoms with van der Waals surface area (Å²) in [5, 5.41) is 5.60. The second-order valence-corrected chi connectivity index (χ2v) is 6.15. The SMILES string of the molecule is Cc1csc(NC(=O)OC(C)(C)C)c1I. The molecule has 0 atom stereocenters. The number of nitrogens with one attached hydrogen (secondary N) is 1. The minimum absolute atomic E-state index is 0.401. The van der Waals surface area contributed by atoms with Crippen molar-refractivity contribution < 1.29 is 9.53 Å². The summed E-state index contributed by atoms with van der Waals surface area (Å²) in [6.45, 7) is 7.55. The maximum Gasteiger partial charge on any atom is 0.412 e. The van der Waals surface area contributed by atoms with E-state index in [1.54, 1.807) is 0 Å². The third-order valence-corrected chi connectivity index (χ3v) is 4.28. The zero-order valence-electron chi connectivity index (χ0n) is 9.18. The van der Waals surface area contributed by atoms with Crippen molar-refractivity contribution in [2.45, 2.75) is 33.3 Å². The number of hydrogen-bond donors (Lipinski definition) is 1. The Hall–Kier alpha value is -0.300. The summed E-state index contributed by atoms with van der Waals surface area (Å²) in [5.74, 6) is 0. The molecule has 84 valence electrons. The van der Waals surface area contributed by atoms with Crippen molar-refractivity contribution in [3.63, 3.8) is 0 Å². The molecule has 0 aliphatic carbocycles. The second kappa shape index (κ2) is 4.69. The van der Waals surface area contributed by atoms with Crippen molar-refractivity contribution in [3.05, 3.63) is 14.5 Å². The predicted octanol–water partition coefficient (Wildman–Crippen LogP) is 4.01. The highest BCUT2D eigenvalue weighted by Gasteiger charge is 2.17. The van der Waals surface area contributed by atoms with Crippen LogP contribution >= 0.6 is 33.9 Å². The predicted molar refractivity (Wildman–Crippen MR) is 71.6 cm³/mol. The van der Waals surface area contributed by atoms with Crippen LogP contribution in [0.25, 0.3) is 0 Å². The van der Waals surface area contributed by atoms with Gasteiger partial charge in [0, 0.05) is 0 Å².